The maximum absolute atomic E-state index is 4.15. The van der Waals surface area contributed by atoms with E-state index in [2.05, 4.69) is 35.6 Å². The molecule has 0 N–H and O–H groups in total. The molecular weight excluding hydrogens is 230 g/mol. The standard InChI is InChI=1S/C11H7N7/c1-3-9(16-14-6-1)8-7-15-18-17-10(8)11-12-4-2-5-13-11/h1-7H. The Kier molecular flexibility index (Phi) is 2.63. The van der Waals surface area contributed by atoms with Gasteiger partial charge in [0.15, 0.2) is 5.82 Å². The molecule has 0 spiro atoms. The Hall–Kier alpha value is -2.83. The van der Waals surface area contributed by atoms with Crippen molar-refractivity contribution in [2.75, 3.05) is 0 Å². The van der Waals surface area contributed by atoms with Crippen molar-refractivity contribution in [1.82, 2.24) is 35.6 Å². The molecular formula is C11H7N7. The number of nitrogens with zero attached hydrogens (tertiary/aromatic N) is 7. The Morgan fingerprint density at radius 2 is 1.72 bits per heavy atom. The van der Waals surface area contributed by atoms with Crippen LogP contribution in [0.4, 0.5) is 0 Å². The van der Waals surface area contributed by atoms with Crippen LogP contribution in [0.15, 0.2) is 43.0 Å². The monoisotopic (exact) mass is 237 g/mol. The van der Waals surface area contributed by atoms with Crippen molar-refractivity contribution in [3.63, 3.8) is 0 Å². The van der Waals surface area contributed by atoms with Crippen LogP contribution >= 0.6 is 0 Å². The van der Waals surface area contributed by atoms with Gasteiger partial charge in [-0.15, -0.1) is 10.2 Å². The molecule has 0 saturated heterocycles. The molecule has 7 nitrogen and oxygen atoms in total. The Balaban J connectivity index is 2.18. The van der Waals surface area contributed by atoms with Crippen molar-refractivity contribution >= 4 is 0 Å². The average molecular weight is 237 g/mol. The lowest BCUT2D eigenvalue weighted by atomic mass is 10.1. The molecule has 7 heteroatoms. The third-order valence-electron chi connectivity index (χ3n) is 2.26. The Morgan fingerprint density at radius 1 is 0.833 bits per heavy atom. The smallest absolute Gasteiger partial charge is 0.180 e. The Bertz CT molecular complexity index is 583. The van der Waals surface area contributed by atoms with Crippen LogP contribution in [-0.2, 0) is 0 Å². The molecule has 0 saturated carbocycles. The summed E-state index contributed by atoms with van der Waals surface area (Å²) in [5, 5.41) is 19.2. The summed E-state index contributed by atoms with van der Waals surface area (Å²) in [4.78, 5) is 8.29. The van der Waals surface area contributed by atoms with E-state index in [0.717, 1.165) is 0 Å². The van der Waals surface area contributed by atoms with E-state index in [1.54, 1.807) is 36.9 Å². The highest BCUT2D eigenvalue weighted by atomic mass is 15.3. The Labute approximate surface area is 102 Å². The molecule has 0 aliphatic heterocycles. The van der Waals surface area contributed by atoms with Crippen LogP contribution in [0.2, 0.25) is 0 Å². The van der Waals surface area contributed by atoms with Crippen LogP contribution in [0.1, 0.15) is 0 Å². The van der Waals surface area contributed by atoms with Gasteiger partial charge in [-0.25, -0.2) is 9.97 Å². The molecule has 0 fully saturated rings. The maximum atomic E-state index is 4.15. The summed E-state index contributed by atoms with van der Waals surface area (Å²) in [7, 11) is 0. The van der Waals surface area contributed by atoms with E-state index in [1.807, 2.05) is 6.07 Å². The largest absolute Gasteiger partial charge is 0.235 e. The lowest BCUT2D eigenvalue weighted by molar-refractivity contribution is 0.863. The molecule has 0 atom stereocenters. The first-order chi connectivity index (χ1) is 8.95. The molecule has 86 valence electrons. The van der Waals surface area contributed by atoms with E-state index in [9.17, 15) is 0 Å². The number of hydrogen-bond acceptors (Lipinski definition) is 7. The summed E-state index contributed by atoms with van der Waals surface area (Å²) < 4.78 is 0. The minimum atomic E-state index is 0.480. The summed E-state index contributed by atoms with van der Waals surface area (Å²) in [5.74, 6) is 0.480. The summed E-state index contributed by atoms with van der Waals surface area (Å²) in [5.41, 5.74) is 1.89. The molecule has 0 amide bonds. The molecule has 18 heavy (non-hydrogen) atoms. The van der Waals surface area contributed by atoms with Crippen molar-refractivity contribution in [3.05, 3.63) is 43.0 Å². The maximum Gasteiger partial charge on any atom is 0.180 e. The molecule has 0 bridgehead atoms. The van der Waals surface area contributed by atoms with Crippen molar-refractivity contribution < 1.29 is 0 Å². The predicted molar refractivity (Wildman–Crippen MR) is 61.9 cm³/mol. The fourth-order valence-electron chi connectivity index (χ4n) is 1.49. The molecule has 0 aromatic carbocycles. The van der Waals surface area contributed by atoms with Gasteiger partial charge in [-0.2, -0.15) is 10.2 Å². The summed E-state index contributed by atoms with van der Waals surface area (Å²) >= 11 is 0. The third-order valence-corrected chi connectivity index (χ3v) is 2.26. The van der Waals surface area contributed by atoms with Crippen molar-refractivity contribution in [1.29, 1.82) is 0 Å². The highest BCUT2D eigenvalue weighted by Gasteiger charge is 2.13. The van der Waals surface area contributed by atoms with Crippen molar-refractivity contribution in [2.24, 2.45) is 0 Å². The normalized spacial score (nSPS) is 10.2. The zero-order valence-electron chi connectivity index (χ0n) is 9.17. The average Bonchev–Trinajstić information content (AvgIpc) is 2.49. The van der Waals surface area contributed by atoms with Gasteiger partial charge in [0.05, 0.1) is 17.5 Å². The number of rotatable bonds is 2. The molecule has 0 unspecified atom stereocenters. The van der Waals surface area contributed by atoms with E-state index in [0.29, 0.717) is 22.8 Å². The minimum absolute atomic E-state index is 0.480. The molecule has 3 rings (SSSR count). The van der Waals surface area contributed by atoms with E-state index in [1.165, 1.54) is 0 Å². The first-order valence-corrected chi connectivity index (χ1v) is 5.19. The first kappa shape index (κ1) is 10.3. The second kappa shape index (κ2) is 4.58. The van der Waals surface area contributed by atoms with Crippen LogP contribution in [-0.4, -0.2) is 35.6 Å². The van der Waals surface area contributed by atoms with Crippen LogP contribution in [0.25, 0.3) is 22.8 Å². The second-order valence-electron chi connectivity index (χ2n) is 3.38. The zero-order valence-corrected chi connectivity index (χ0v) is 9.17. The fraction of sp³-hybridized carbons (Fsp3) is 0. The van der Waals surface area contributed by atoms with Gasteiger partial charge in [-0.1, -0.05) is 0 Å². The SMILES string of the molecule is c1cnc(-c2nnncc2-c2cccnn2)nc1. The number of aromatic nitrogens is 7. The van der Waals surface area contributed by atoms with Crippen LogP contribution in [0.3, 0.4) is 0 Å². The first-order valence-electron chi connectivity index (χ1n) is 5.19. The highest BCUT2D eigenvalue weighted by molar-refractivity contribution is 5.73. The van der Waals surface area contributed by atoms with Gasteiger partial charge >= 0.3 is 0 Å². The van der Waals surface area contributed by atoms with E-state index in [4.69, 9.17) is 0 Å². The second-order valence-corrected chi connectivity index (χ2v) is 3.38. The van der Waals surface area contributed by atoms with Crippen molar-refractivity contribution in [3.8, 4) is 22.8 Å². The van der Waals surface area contributed by atoms with Gasteiger partial charge in [0.1, 0.15) is 5.69 Å². The van der Waals surface area contributed by atoms with Crippen LogP contribution in [0, 0.1) is 0 Å². The topological polar surface area (TPSA) is 90.2 Å². The summed E-state index contributed by atoms with van der Waals surface area (Å²) in [6.07, 6.45) is 6.46. The lowest BCUT2D eigenvalue weighted by Gasteiger charge is -2.03. The van der Waals surface area contributed by atoms with E-state index in [-0.39, 0.29) is 0 Å². The van der Waals surface area contributed by atoms with E-state index < -0.39 is 0 Å². The molecule has 0 radical (unpaired) electrons. The van der Waals surface area contributed by atoms with Crippen LogP contribution < -0.4 is 0 Å². The van der Waals surface area contributed by atoms with Gasteiger partial charge in [-0.05, 0) is 23.4 Å². The molecule has 3 heterocycles. The third kappa shape index (κ3) is 1.88. The molecule has 0 aliphatic rings. The molecule has 3 aromatic heterocycles. The van der Waals surface area contributed by atoms with Crippen LogP contribution in [0.5, 0.6) is 0 Å². The zero-order chi connectivity index (χ0) is 12.2. The quantitative estimate of drug-likeness (QED) is 0.650. The minimum Gasteiger partial charge on any atom is -0.235 e. The van der Waals surface area contributed by atoms with E-state index >= 15 is 0 Å². The molecule has 3 aromatic rings. The molecule has 0 aliphatic carbocycles. The summed E-state index contributed by atoms with van der Waals surface area (Å²) in [6.45, 7) is 0. The van der Waals surface area contributed by atoms with Gasteiger partial charge in [0.2, 0.25) is 0 Å². The van der Waals surface area contributed by atoms with Gasteiger partial charge in [0.25, 0.3) is 0 Å². The van der Waals surface area contributed by atoms with Gasteiger partial charge in [0, 0.05) is 18.6 Å². The fourth-order valence-corrected chi connectivity index (χ4v) is 1.49. The predicted octanol–water partition coefficient (Wildman–Crippen LogP) is 0.786. The van der Waals surface area contributed by atoms with Gasteiger partial charge < -0.3 is 0 Å². The summed E-state index contributed by atoms with van der Waals surface area (Å²) in [6, 6.07) is 5.34. The van der Waals surface area contributed by atoms with Gasteiger partial charge in [-0.3, -0.25) is 0 Å². The number of hydrogen-bond donors (Lipinski definition) is 0. The lowest BCUT2D eigenvalue weighted by Crippen LogP contribution is -1.99. The highest BCUT2D eigenvalue weighted by Crippen LogP contribution is 2.23. The van der Waals surface area contributed by atoms with Crippen molar-refractivity contribution in [2.45, 2.75) is 0 Å². The Morgan fingerprint density at radius 3 is 2.50 bits per heavy atom.